The van der Waals surface area contributed by atoms with Gasteiger partial charge in [0.2, 0.25) is 0 Å². The Hall–Kier alpha value is -1.67. The van der Waals surface area contributed by atoms with Crippen molar-refractivity contribution in [2.24, 2.45) is 0 Å². The fourth-order valence-electron chi connectivity index (χ4n) is 1.40. The lowest BCUT2D eigenvalue weighted by molar-refractivity contribution is 0.321. The van der Waals surface area contributed by atoms with Crippen LogP contribution >= 0.6 is 11.6 Å². The van der Waals surface area contributed by atoms with Gasteiger partial charge in [0.25, 0.3) is 0 Å². The van der Waals surface area contributed by atoms with Crippen LogP contribution in [-0.2, 0) is 0 Å². The number of rotatable bonds is 6. The van der Waals surface area contributed by atoms with Crippen molar-refractivity contribution in [3.8, 4) is 11.5 Å². The van der Waals surface area contributed by atoms with Gasteiger partial charge in [-0.15, -0.1) is 0 Å². The highest BCUT2D eigenvalue weighted by Gasteiger charge is 2.08. The molecule has 1 aromatic carbocycles. The molecule has 0 amide bonds. The van der Waals surface area contributed by atoms with Crippen molar-refractivity contribution in [2.75, 3.05) is 13.7 Å². The summed E-state index contributed by atoms with van der Waals surface area (Å²) in [5, 5.41) is 0.657. The van der Waals surface area contributed by atoms with Gasteiger partial charge in [0.15, 0.2) is 11.5 Å². The van der Waals surface area contributed by atoms with E-state index in [9.17, 15) is 0 Å². The third kappa shape index (κ3) is 3.67. The molecule has 1 rings (SSSR count). The average molecular weight is 265 g/mol. The van der Waals surface area contributed by atoms with Crippen molar-refractivity contribution in [3.05, 3.63) is 59.7 Å². The fourth-order valence-corrected chi connectivity index (χ4v) is 1.55. The number of ether oxygens (including phenoxy) is 2. The van der Waals surface area contributed by atoms with Crippen LogP contribution in [0.1, 0.15) is 5.56 Å². The molecule has 3 heteroatoms. The molecule has 18 heavy (non-hydrogen) atoms. The number of benzene rings is 1. The highest BCUT2D eigenvalue weighted by Crippen LogP contribution is 2.33. The van der Waals surface area contributed by atoms with Gasteiger partial charge in [-0.05, 0) is 24.1 Å². The number of allylic oxidation sites excluding steroid dienone is 2. The van der Waals surface area contributed by atoms with E-state index >= 15 is 0 Å². The lowest BCUT2D eigenvalue weighted by atomic mass is 10.2. The zero-order valence-electron chi connectivity index (χ0n) is 10.7. The third-order valence-electron chi connectivity index (χ3n) is 2.43. The highest BCUT2D eigenvalue weighted by molar-refractivity contribution is 6.31. The average Bonchev–Trinajstić information content (AvgIpc) is 2.37. The minimum absolute atomic E-state index is 0.410. The van der Waals surface area contributed by atoms with Gasteiger partial charge in [0.05, 0.1) is 7.11 Å². The lowest BCUT2D eigenvalue weighted by Gasteiger charge is -2.12. The molecule has 0 radical (unpaired) electrons. The smallest absolute Gasteiger partial charge is 0.162 e. The van der Waals surface area contributed by atoms with Gasteiger partial charge in [-0.2, -0.15) is 0 Å². The van der Waals surface area contributed by atoms with Crippen molar-refractivity contribution >= 4 is 11.6 Å². The molecule has 0 atom stereocenters. The molecular formula is C15H17ClO2. The molecule has 0 unspecified atom stereocenters. The molecular weight excluding hydrogens is 248 g/mol. The van der Waals surface area contributed by atoms with Crippen molar-refractivity contribution in [1.82, 2.24) is 0 Å². The molecule has 0 N–H and O–H groups in total. The number of hydrogen-bond donors (Lipinski definition) is 0. The van der Waals surface area contributed by atoms with Gasteiger partial charge in [0.1, 0.15) is 6.61 Å². The molecule has 0 heterocycles. The van der Waals surface area contributed by atoms with Crippen molar-refractivity contribution < 1.29 is 9.47 Å². The van der Waals surface area contributed by atoms with Crippen LogP contribution in [0.3, 0.4) is 0 Å². The van der Waals surface area contributed by atoms with E-state index in [2.05, 4.69) is 13.2 Å². The fraction of sp³-hybridized carbons (Fsp3) is 0.200. The van der Waals surface area contributed by atoms with Crippen LogP contribution in [0, 0.1) is 6.92 Å². The molecule has 0 saturated heterocycles. The summed E-state index contributed by atoms with van der Waals surface area (Å²) in [6.45, 7) is 9.69. The largest absolute Gasteiger partial charge is 0.493 e. The van der Waals surface area contributed by atoms with Crippen LogP contribution < -0.4 is 9.47 Å². The maximum Gasteiger partial charge on any atom is 0.162 e. The summed E-state index contributed by atoms with van der Waals surface area (Å²) in [7, 11) is 1.59. The summed E-state index contributed by atoms with van der Waals surface area (Å²) in [5.74, 6) is 1.28. The molecule has 0 aliphatic heterocycles. The van der Waals surface area contributed by atoms with Gasteiger partial charge < -0.3 is 9.47 Å². The Morgan fingerprint density at radius 1 is 1.33 bits per heavy atom. The predicted octanol–water partition coefficient (Wildman–Crippen LogP) is 4.33. The minimum Gasteiger partial charge on any atom is -0.493 e. The first kappa shape index (κ1) is 14.4. The first-order chi connectivity index (χ1) is 8.62. The Bertz CT molecular complexity index is 476. The molecule has 2 nitrogen and oxygen atoms in total. The van der Waals surface area contributed by atoms with Crippen LogP contribution in [0.25, 0.3) is 0 Å². The standard InChI is InChI=1S/C15H17ClO2/c1-5-7-12(6-2)10-18-15-8-11(3)13(16)9-14(15)17-4/h5-9H,1-2,10H2,3-4H3/b12-7+. The molecule has 1 aromatic rings. The molecule has 0 aliphatic rings. The summed E-state index contributed by atoms with van der Waals surface area (Å²) >= 11 is 6.03. The zero-order chi connectivity index (χ0) is 13.5. The predicted molar refractivity (Wildman–Crippen MR) is 76.7 cm³/mol. The molecule has 0 aliphatic carbocycles. The molecule has 0 aromatic heterocycles. The second kappa shape index (κ2) is 6.92. The first-order valence-electron chi connectivity index (χ1n) is 5.53. The van der Waals surface area contributed by atoms with Crippen LogP contribution in [-0.4, -0.2) is 13.7 Å². The van der Waals surface area contributed by atoms with E-state index in [-0.39, 0.29) is 0 Å². The van der Waals surface area contributed by atoms with Crippen molar-refractivity contribution in [3.63, 3.8) is 0 Å². The summed E-state index contributed by atoms with van der Waals surface area (Å²) in [6, 6.07) is 3.60. The summed E-state index contributed by atoms with van der Waals surface area (Å²) in [4.78, 5) is 0. The molecule has 0 saturated carbocycles. The van der Waals surface area contributed by atoms with Gasteiger partial charge in [-0.25, -0.2) is 0 Å². The number of methoxy groups -OCH3 is 1. The maximum absolute atomic E-state index is 6.03. The monoisotopic (exact) mass is 264 g/mol. The summed E-state index contributed by atoms with van der Waals surface area (Å²) in [5.41, 5.74) is 1.89. The normalized spacial score (nSPS) is 10.9. The van der Waals surface area contributed by atoms with E-state index in [1.807, 2.05) is 19.1 Å². The van der Waals surface area contributed by atoms with E-state index < -0.39 is 0 Å². The quantitative estimate of drug-likeness (QED) is 0.712. The van der Waals surface area contributed by atoms with E-state index in [4.69, 9.17) is 21.1 Å². The van der Waals surface area contributed by atoms with Crippen molar-refractivity contribution in [2.45, 2.75) is 6.92 Å². The van der Waals surface area contributed by atoms with Crippen LogP contribution in [0.5, 0.6) is 11.5 Å². The molecule has 0 fully saturated rings. The second-order valence-electron chi connectivity index (χ2n) is 3.72. The summed E-state index contributed by atoms with van der Waals surface area (Å²) in [6.07, 6.45) is 5.28. The van der Waals surface area contributed by atoms with Gasteiger partial charge >= 0.3 is 0 Å². The SMILES string of the molecule is C=C/C=C(\C=C)COc1cc(C)c(Cl)cc1OC. The van der Waals surface area contributed by atoms with Crippen molar-refractivity contribution in [1.29, 1.82) is 0 Å². The summed E-state index contributed by atoms with van der Waals surface area (Å²) < 4.78 is 10.9. The Morgan fingerprint density at radius 3 is 2.61 bits per heavy atom. The van der Waals surface area contributed by atoms with Gasteiger partial charge in [-0.3, -0.25) is 0 Å². The topological polar surface area (TPSA) is 18.5 Å². The number of halogens is 1. The first-order valence-corrected chi connectivity index (χ1v) is 5.91. The second-order valence-corrected chi connectivity index (χ2v) is 4.13. The van der Waals surface area contributed by atoms with Gasteiger partial charge in [0, 0.05) is 11.1 Å². The van der Waals surface area contributed by atoms with Crippen LogP contribution in [0.2, 0.25) is 5.02 Å². The van der Waals surface area contributed by atoms with E-state index in [1.165, 1.54) is 0 Å². The number of hydrogen-bond acceptors (Lipinski definition) is 2. The Kier molecular flexibility index (Phi) is 5.53. The van der Waals surface area contributed by atoms with Crippen LogP contribution in [0.15, 0.2) is 49.1 Å². The maximum atomic E-state index is 6.03. The molecule has 96 valence electrons. The van der Waals surface area contributed by atoms with E-state index in [0.29, 0.717) is 23.1 Å². The van der Waals surface area contributed by atoms with Crippen LogP contribution in [0.4, 0.5) is 0 Å². The molecule has 0 bridgehead atoms. The van der Waals surface area contributed by atoms with E-state index in [0.717, 1.165) is 11.1 Å². The third-order valence-corrected chi connectivity index (χ3v) is 2.84. The van der Waals surface area contributed by atoms with E-state index in [1.54, 1.807) is 25.3 Å². The molecule has 0 spiro atoms. The Morgan fingerprint density at radius 2 is 2.06 bits per heavy atom. The Labute approximate surface area is 113 Å². The van der Waals surface area contributed by atoms with Gasteiger partial charge in [-0.1, -0.05) is 43.0 Å². The number of aryl methyl sites for hydroxylation is 1. The zero-order valence-corrected chi connectivity index (χ0v) is 11.5. The highest BCUT2D eigenvalue weighted by atomic mass is 35.5. The Balaban J connectivity index is 2.90. The minimum atomic E-state index is 0.410. The lowest BCUT2D eigenvalue weighted by Crippen LogP contribution is -2.01.